The lowest BCUT2D eigenvalue weighted by Crippen LogP contribution is -1.98. The summed E-state index contributed by atoms with van der Waals surface area (Å²) in [6.07, 6.45) is 2.81. The molecule has 0 atom stereocenters. The Morgan fingerprint density at radius 3 is 2.75 bits per heavy atom. The fourth-order valence-electron chi connectivity index (χ4n) is 0.219. The second kappa shape index (κ2) is 4.18. The number of hydrogen-bond donors (Lipinski definition) is 1. The quantitative estimate of drug-likeness (QED) is 0.403. The van der Waals surface area contributed by atoms with E-state index < -0.39 is 0 Å². The van der Waals surface area contributed by atoms with Crippen molar-refractivity contribution in [3.8, 4) is 0 Å². The van der Waals surface area contributed by atoms with Gasteiger partial charge in [0.2, 0.25) is 0 Å². The molecule has 0 heterocycles. The first-order valence-corrected chi connectivity index (χ1v) is 2.23. The Kier molecular flexibility index (Phi) is 3.66. The van der Waals surface area contributed by atoms with E-state index in [4.69, 9.17) is 0 Å². The first-order chi connectivity index (χ1) is 3.81. The molecule has 0 saturated heterocycles. The van der Waals surface area contributed by atoms with Gasteiger partial charge in [0.15, 0.2) is 0 Å². The number of carbonyl (C=O) groups is 1. The monoisotopic (exact) mass is 115 g/mol. The SMILES string of the molecule is CNC=CC(=O)OC. The zero-order valence-corrected chi connectivity index (χ0v) is 4.97. The van der Waals surface area contributed by atoms with Crippen molar-refractivity contribution in [1.29, 1.82) is 0 Å². The molecule has 0 saturated carbocycles. The summed E-state index contributed by atoms with van der Waals surface area (Å²) in [7, 11) is 3.04. The molecule has 1 N–H and O–H groups in total. The average molecular weight is 115 g/mol. The van der Waals surface area contributed by atoms with E-state index in [0.29, 0.717) is 0 Å². The summed E-state index contributed by atoms with van der Waals surface area (Å²) >= 11 is 0. The number of ether oxygens (including phenoxy) is 1. The minimum absolute atomic E-state index is 0.348. The predicted molar refractivity (Wildman–Crippen MR) is 30.2 cm³/mol. The van der Waals surface area contributed by atoms with Gasteiger partial charge in [-0.2, -0.15) is 0 Å². The molecular formula is C5H9NO2. The van der Waals surface area contributed by atoms with Crippen molar-refractivity contribution >= 4 is 5.97 Å². The van der Waals surface area contributed by atoms with Gasteiger partial charge in [-0.15, -0.1) is 0 Å². The number of nitrogens with one attached hydrogen (secondary N) is 1. The summed E-state index contributed by atoms with van der Waals surface area (Å²) in [6, 6.07) is 0. The first kappa shape index (κ1) is 7.01. The molecule has 0 unspecified atom stereocenters. The number of esters is 1. The van der Waals surface area contributed by atoms with E-state index in [0.717, 1.165) is 0 Å². The molecule has 0 aliphatic heterocycles. The molecule has 0 aromatic heterocycles. The summed E-state index contributed by atoms with van der Waals surface area (Å²) < 4.78 is 4.29. The Labute approximate surface area is 48.3 Å². The maximum absolute atomic E-state index is 10.2. The van der Waals surface area contributed by atoms with Crippen LogP contribution in [0, 0.1) is 0 Å². The van der Waals surface area contributed by atoms with E-state index in [1.165, 1.54) is 19.4 Å². The van der Waals surface area contributed by atoms with Crippen molar-refractivity contribution in [3.63, 3.8) is 0 Å². The predicted octanol–water partition coefficient (Wildman–Crippen LogP) is -0.108. The van der Waals surface area contributed by atoms with Gasteiger partial charge >= 0.3 is 5.97 Å². The lowest BCUT2D eigenvalue weighted by molar-refractivity contribution is -0.134. The fourth-order valence-corrected chi connectivity index (χ4v) is 0.219. The normalized spacial score (nSPS) is 9.25. The van der Waals surface area contributed by atoms with Gasteiger partial charge in [0.1, 0.15) is 0 Å². The molecule has 0 rings (SSSR count). The first-order valence-electron chi connectivity index (χ1n) is 2.23. The van der Waals surface area contributed by atoms with Crippen molar-refractivity contribution < 1.29 is 9.53 Å². The number of carbonyl (C=O) groups excluding carboxylic acids is 1. The molecule has 46 valence electrons. The van der Waals surface area contributed by atoms with Crippen LogP contribution in [0.4, 0.5) is 0 Å². The van der Waals surface area contributed by atoms with E-state index >= 15 is 0 Å². The molecule has 0 amide bonds. The lowest BCUT2D eigenvalue weighted by atomic mass is 10.6. The Morgan fingerprint density at radius 2 is 2.38 bits per heavy atom. The maximum atomic E-state index is 10.2. The Hall–Kier alpha value is -0.990. The van der Waals surface area contributed by atoms with Gasteiger partial charge in [-0.1, -0.05) is 0 Å². The second-order valence-electron chi connectivity index (χ2n) is 1.15. The molecule has 3 nitrogen and oxygen atoms in total. The van der Waals surface area contributed by atoms with E-state index in [1.54, 1.807) is 7.05 Å². The highest BCUT2D eigenvalue weighted by Gasteiger charge is 1.85. The van der Waals surface area contributed by atoms with E-state index in [2.05, 4.69) is 10.1 Å². The molecule has 0 radical (unpaired) electrons. The standard InChI is InChI=1S/C5H9NO2/c1-6-4-3-5(7)8-2/h3-4,6H,1-2H3. The topological polar surface area (TPSA) is 38.3 Å². The van der Waals surface area contributed by atoms with Crippen LogP contribution in [0.1, 0.15) is 0 Å². The van der Waals surface area contributed by atoms with Crippen LogP contribution >= 0.6 is 0 Å². The highest BCUT2D eigenvalue weighted by atomic mass is 16.5. The van der Waals surface area contributed by atoms with Gasteiger partial charge in [0.05, 0.1) is 7.11 Å². The van der Waals surface area contributed by atoms with Crippen LogP contribution < -0.4 is 5.32 Å². The van der Waals surface area contributed by atoms with Crippen LogP contribution in [0.3, 0.4) is 0 Å². The van der Waals surface area contributed by atoms with Gasteiger partial charge in [-0.25, -0.2) is 4.79 Å². The van der Waals surface area contributed by atoms with Crippen molar-refractivity contribution in [3.05, 3.63) is 12.3 Å². The van der Waals surface area contributed by atoms with E-state index in [1.807, 2.05) is 0 Å². The molecule has 0 fully saturated rings. The zero-order chi connectivity index (χ0) is 6.41. The third kappa shape index (κ3) is 3.21. The largest absolute Gasteiger partial charge is 0.466 e. The van der Waals surface area contributed by atoms with Crippen molar-refractivity contribution in [2.45, 2.75) is 0 Å². The van der Waals surface area contributed by atoms with Crippen LogP contribution in [0.5, 0.6) is 0 Å². The molecule has 3 heteroatoms. The number of methoxy groups -OCH3 is 1. The summed E-state index contributed by atoms with van der Waals surface area (Å²) in [5, 5.41) is 2.65. The Balaban J connectivity index is 3.37. The van der Waals surface area contributed by atoms with Gasteiger partial charge < -0.3 is 10.1 Å². The summed E-state index contributed by atoms with van der Waals surface area (Å²) in [4.78, 5) is 10.2. The lowest BCUT2D eigenvalue weighted by Gasteiger charge is -1.87. The Bertz CT molecular complexity index is 98.6. The van der Waals surface area contributed by atoms with Crippen LogP contribution in [0.25, 0.3) is 0 Å². The summed E-state index contributed by atoms with van der Waals surface area (Å²) in [5.41, 5.74) is 0. The highest BCUT2D eigenvalue weighted by molar-refractivity contribution is 5.81. The van der Waals surface area contributed by atoms with Crippen LogP contribution in [0.2, 0.25) is 0 Å². The van der Waals surface area contributed by atoms with Crippen LogP contribution in [-0.4, -0.2) is 20.1 Å². The van der Waals surface area contributed by atoms with Gasteiger partial charge in [0.25, 0.3) is 0 Å². The third-order valence-electron chi connectivity index (χ3n) is 0.587. The molecule has 8 heavy (non-hydrogen) atoms. The average Bonchev–Trinajstić information content (AvgIpc) is 1.83. The molecule has 0 aromatic rings. The Morgan fingerprint density at radius 1 is 1.75 bits per heavy atom. The minimum atomic E-state index is -0.348. The maximum Gasteiger partial charge on any atom is 0.331 e. The van der Waals surface area contributed by atoms with Crippen LogP contribution in [-0.2, 0) is 9.53 Å². The van der Waals surface area contributed by atoms with Crippen LogP contribution in [0.15, 0.2) is 12.3 Å². The highest BCUT2D eigenvalue weighted by Crippen LogP contribution is 1.72. The number of rotatable bonds is 2. The zero-order valence-electron chi connectivity index (χ0n) is 4.97. The van der Waals surface area contributed by atoms with E-state index in [-0.39, 0.29) is 5.97 Å². The van der Waals surface area contributed by atoms with Crippen molar-refractivity contribution in [2.75, 3.05) is 14.2 Å². The third-order valence-corrected chi connectivity index (χ3v) is 0.587. The summed E-state index contributed by atoms with van der Waals surface area (Å²) in [6.45, 7) is 0. The number of hydrogen-bond acceptors (Lipinski definition) is 3. The molecule has 0 spiro atoms. The van der Waals surface area contributed by atoms with Crippen molar-refractivity contribution in [2.24, 2.45) is 0 Å². The van der Waals surface area contributed by atoms with Gasteiger partial charge in [0, 0.05) is 19.3 Å². The smallest absolute Gasteiger partial charge is 0.331 e. The van der Waals surface area contributed by atoms with Gasteiger partial charge in [-0.05, 0) is 0 Å². The molecule has 0 aliphatic carbocycles. The molecule has 0 aliphatic rings. The molecule has 0 bridgehead atoms. The fraction of sp³-hybridized carbons (Fsp3) is 0.400. The second-order valence-corrected chi connectivity index (χ2v) is 1.15. The summed E-state index contributed by atoms with van der Waals surface area (Å²) in [5.74, 6) is -0.348. The van der Waals surface area contributed by atoms with Crippen molar-refractivity contribution in [1.82, 2.24) is 5.32 Å². The molecular weight excluding hydrogens is 106 g/mol. The minimum Gasteiger partial charge on any atom is -0.466 e. The van der Waals surface area contributed by atoms with E-state index in [9.17, 15) is 4.79 Å². The van der Waals surface area contributed by atoms with Gasteiger partial charge in [-0.3, -0.25) is 0 Å². The molecule has 0 aromatic carbocycles.